The second kappa shape index (κ2) is 5.01. The van der Waals surface area contributed by atoms with Gasteiger partial charge in [-0.1, -0.05) is 0 Å². The second-order valence-electron chi connectivity index (χ2n) is 3.53. The van der Waals surface area contributed by atoms with Crippen LogP contribution in [0.2, 0.25) is 5.28 Å². The molecule has 0 amide bonds. The van der Waals surface area contributed by atoms with E-state index in [-0.39, 0.29) is 5.28 Å². The molecule has 6 heteroatoms. The van der Waals surface area contributed by atoms with Crippen LogP contribution in [0.15, 0.2) is 17.3 Å². The van der Waals surface area contributed by atoms with Crippen LogP contribution in [0.4, 0.5) is 0 Å². The molecule has 0 bridgehead atoms. The first-order chi connectivity index (χ1) is 7.25. The number of nitrogens with zero attached hydrogens (tertiary/aromatic N) is 2. The maximum absolute atomic E-state index is 11.9. The van der Waals surface area contributed by atoms with Gasteiger partial charge in [0.15, 0.2) is 0 Å². The van der Waals surface area contributed by atoms with Crippen LogP contribution in [-0.4, -0.2) is 33.0 Å². The lowest BCUT2D eigenvalue weighted by Gasteiger charge is -2.06. The lowest BCUT2D eigenvalue weighted by Crippen LogP contribution is -2.15. The van der Waals surface area contributed by atoms with Crippen LogP contribution in [0.3, 0.4) is 0 Å². The quantitative estimate of drug-likeness (QED) is 0.634. The molecule has 1 saturated heterocycles. The summed E-state index contributed by atoms with van der Waals surface area (Å²) in [5.41, 5.74) is 0. The molecule has 0 spiro atoms. The van der Waals surface area contributed by atoms with Crippen LogP contribution in [-0.2, 0) is 10.8 Å². The third-order valence-electron chi connectivity index (χ3n) is 2.38. The van der Waals surface area contributed by atoms with Gasteiger partial charge in [0.05, 0.1) is 10.8 Å². The fourth-order valence-corrected chi connectivity index (χ4v) is 3.08. The molecule has 0 aliphatic carbocycles. The Kier molecular flexibility index (Phi) is 3.66. The molecule has 2 atom stereocenters. The predicted octanol–water partition coefficient (Wildman–Crippen LogP) is 0.847. The van der Waals surface area contributed by atoms with Gasteiger partial charge in [0.2, 0.25) is 5.28 Å². The van der Waals surface area contributed by atoms with E-state index in [0.717, 1.165) is 19.5 Å². The molecule has 1 N–H and O–H groups in total. The average Bonchev–Trinajstić information content (AvgIpc) is 2.70. The van der Waals surface area contributed by atoms with Crippen LogP contribution in [0, 0.1) is 5.92 Å². The molecule has 1 aliphatic heterocycles. The first kappa shape index (κ1) is 11.0. The van der Waals surface area contributed by atoms with Crippen molar-refractivity contribution in [3.63, 3.8) is 0 Å². The predicted molar refractivity (Wildman–Crippen MR) is 59.3 cm³/mol. The van der Waals surface area contributed by atoms with Gasteiger partial charge in [0, 0.05) is 11.9 Å². The standard InChI is InChI=1S/C9H12ClN3OS/c10-9-12-4-2-8(13-9)15(14)6-7-1-3-11-5-7/h2,4,7,11H,1,3,5-6H2/t7-,15-/m0/s1. The molecule has 0 saturated carbocycles. The van der Waals surface area contributed by atoms with E-state index in [1.165, 1.54) is 6.20 Å². The molecule has 4 nitrogen and oxygen atoms in total. The van der Waals surface area contributed by atoms with Crippen molar-refractivity contribution in [2.45, 2.75) is 11.4 Å². The maximum Gasteiger partial charge on any atom is 0.223 e. The fourth-order valence-electron chi connectivity index (χ4n) is 1.60. The van der Waals surface area contributed by atoms with Crippen molar-refractivity contribution < 1.29 is 4.21 Å². The summed E-state index contributed by atoms with van der Waals surface area (Å²) in [6, 6.07) is 1.66. The lowest BCUT2D eigenvalue weighted by molar-refractivity contribution is 0.630. The van der Waals surface area contributed by atoms with Crippen LogP contribution in [0.5, 0.6) is 0 Å². The molecule has 0 aromatic carbocycles. The summed E-state index contributed by atoms with van der Waals surface area (Å²) in [6.07, 6.45) is 2.63. The van der Waals surface area contributed by atoms with E-state index in [4.69, 9.17) is 11.6 Å². The van der Waals surface area contributed by atoms with Gasteiger partial charge in [0.1, 0.15) is 5.03 Å². The highest BCUT2D eigenvalue weighted by Gasteiger charge is 2.18. The van der Waals surface area contributed by atoms with Crippen LogP contribution < -0.4 is 5.32 Å². The van der Waals surface area contributed by atoms with E-state index in [1.807, 2.05) is 0 Å². The average molecular weight is 246 g/mol. The number of halogens is 1. The van der Waals surface area contributed by atoms with Crippen molar-refractivity contribution in [2.75, 3.05) is 18.8 Å². The normalized spacial score (nSPS) is 22.9. The monoisotopic (exact) mass is 245 g/mol. The number of nitrogens with one attached hydrogen (secondary N) is 1. The summed E-state index contributed by atoms with van der Waals surface area (Å²) in [4.78, 5) is 7.71. The van der Waals surface area contributed by atoms with Crippen molar-refractivity contribution in [3.8, 4) is 0 Å². The smallest absolute Gasteiger partial charge is 0.223 e. The van der Waals surface area contributed by atoms with E-state index in [9.17, 15) is 4.21 Å². The molecule has 82 valence electrons. The van der Waals surface area contributed by atoms with Crippen LogP contribution in [0.1, 0.15) is 6.42 Å². The first-order valence-corrected chi connectivity index (χ1v) is 6.53. The van der Waals surface area contributed by atoms with Gasteiger partial charge in [-0.3, -0.25) is 4.21 Å². The Morgan fingerprint density at radius 1 is 1.67 bits per heavy atom. The molecule has 2 heterocycles. The number of aromatic nitrogens is 2. The van der Waals surface area contributed by atoms with Crippen molar-refractivity contribution in [1.29, 1.82) is 0 Å². The third kappa shape index (κ3) is 2.96. The Hall–Kier alpha value is -0.520. The molecule has 15 heavy (non-hydrogen) atoms. The molecule has 0 radical (unpaired) electrons. The Morgan fingerprint density at radius 3 is 3.20 bits per heavy atom. The Balaban J connectivity index is 2.01. The van der Waals surface area contributed by atoms with Crippen molar-refractivity contribution in [2.24, 2.45) is 5.92 Å². The maximum atomic E-state index is 11.9. The van der Waals surface area contributed by atoms with Gasteiger partial charge in [-0.05, 0) is 43.1 Å². The van der Waals surface area contributed by atoms with E-state index in [2.05, 4.69) is 15.3 Å². The molecule has 1 aliphatic rings. The summed E-state index contributed by atoms with van der Waals surface area (Å²) in [5.74, 6) is 1.14. The molecule has 0 unspecified atom stereocenters. The van der Waals surface area contributed by atoms with Gasteiger partial charge in [0.25, 0.3) is 0 Å². The van der Waals surface area contributed by atoms with Gasteiger partial charge >= 0.3 is 0 Å². The highest BCUT2D eigenvalue weighted by molar-refractivity contribution is 7.84. The van der Waals surface area contributed by atoms with E-state index < -0.39 is 10.8 Å². The zero-order valence-electron chi connectivity index (χ0n) is 8.15. The number of hydrogen-bond donors (Lipinski definition) is 1. The Bertz CT molecular complexity index is 368. The van der Waals surface area contributed by atoms with Crippen molar-refractivity contribution in [1.82, 2.24) is 15.3 Å². The topological polar surface area (TPSA) is 54.9 Å². The molecular weight excluding hydrogens is 234 g/mol. The molecule has 2 rings (SSSR count). The highest BCUT2D eigenvalue weighted by atomic mass is 35.5. The SMILES string of the molecule is O=[S@@](C[C@H]1CCNC1)c1ccnc(Cl)n1. The number of rotatable bonds is 3. The van der Waals surface area contributed by atoms with E-state index in [1.54, 1.807) is 6.07 Å². The zero-order chi connectivity index (χ0) is 10.7. The van der Waals surface area contributed by atoms with Gasteiger partial charge < -0.3 is 5.32 Å². The van der Waals surface area contributed by atoms with Crippen LogP contribution in [0.25, 0.3) is 0 Å². The molecule has 1 aromatic heterocycles. The summed E-state index contributed by atoms with van der Waals surface area (Å²) in [5, 5.41) is 3.93. The van der Waals surface area contributed by atoms with Gasteiger partial charge in [-0.25, -0.2) is 9.97 Å². The number of hydrogen-bond acceptors (Lipinski definition) is 4. The summed E-state index contributed by atoms with van der Waals surface area (Å²) in [6.45, 7) is 1.97. The summed E-state index contributed by atoms with van der Waals surface area (Å²) in [7, 11) is -1.06. The lowest BCUT2D eigenvalue weighted by atomic mass is 10.2. The summed E-state index contributed by atoms with van der Waals surface area (Å²) >= 11 is 5.64. The second-order valence-corrected chi connectivity index (χ2v) is 5.32. The molecule has 1 fully saturated rings. The third-order valence-corrected chi connectivity index (χ3v) is 4.03. The summed E-state index contributed by atoms with van der Waals surface area (Å²) < 4.78 is 11.9. The van der Waals surface area contributed by atoms with Crippen molar-refractivity contribution >= 4 is 22.4 Å². The Labute approximate surface area is 95.9 Å². The fraction of sp³-hybridized carbons (Fsp3) is 0.556. The van der Waals surface area contributed by atoms with Crippen molar-refractivity contribution in [3.05, 3.63) is 17.5 Å². The van der Waals surface area contributed by atoms with Gasteiger partial charge in [-0.15, -0.1) is 0 Å². The molecular formula is C9H12ClN3OS. The Morgan fingerprint density at radius 2 is 2.53 bits per heavy atom. The zero-order valence-corrected chi connectivity index (χ0v) is 9.72. The first-order valence-electron chi connectivity index (χ1n) is 4.83. The van der Waals surface area contributed by atoms with E-state index >= 15 is 0 Å². The largest absolute Gasteiger partial charge is 0.316 e. The minimum Gasteiger partial charge on any atom is -0.316 e. The van der Waals surface area contributed by atoms with Crippen LogP contribution >= 0.6 is 11.6 Å². The minimum absolute atomic E-state index is 0.158. The highest BCUT2D eigenvalue weighted by Crippen LogP contribution is 2.13. The van der Waals surface area contributed by atoms with E-state index in [0.29, 0.717) is 16.7 Å². The molecule has 1 aromatic rings. The van der Waals surface area contributed by atoms with Gasteiger partial charge in [-0.2, -0.15) is 0 Å². The minimum atomic E-state index is -1.06.